The van der Waals surface area contributed by atoms with Gasteiger partial charge in [0.1, 0.15) is 0 Å². The molecule has 0 aliphatic carbocycles. The predicted molar refractivity (Wildman–Crippen MR) is 81.9 cm³/mol. The van der Waals surface area contributed by atoms with E-state index >= 15 is 0 Å². The van der Waals surface area contributed by atoms with Gasteiger partial charge in [0, 0.05) is 29.2 Å². The molecule has 0 fully saturated rings. The summed E-state index contributed by atoms with van der Waals surface area (Å²) < 4.78 is 6.56. The van der Waals surface area contributed by atoms with E-state index < -0.39 is 5.97 Å². The van der Waals surface area contributed by atoms with Gasteiger partial charge < -0.3 is 15.2 Å². The van der Waals surface area contributed by atoms with Gasteiger partial charge in [-0.15, -0.1) is 0 Å². The molecule has 0 saturated heterocycles. The van der Waals surface area contributed by atoms with Crippen molar-refractivity contribution in [3.63, 3.8) is 0 Å². The Hall–Kier alpha value is -2.08. The van der Waals surface area contributed by atoms with Crippen LogP contribution in [0.3, 0.4) is 0 Å². The van der Waals surface area contributed by atoms with E-state index in [4.69, 9.17) is 9.84 Å². The fourth-order valence-corrected chi connectivity index (χ4v) is 2.76. The van der Waals surface area contributed by atoms with Crippen LogP contribution in [0.2, 0.25) is 0 Å². The zero-order valence-electron chi connectivity index (χ0n) is 11.1. The van der Waals surface area contributed by atoms with Gasteiger partial charge in [-0.1, -0.05) is 12.1 Å². The van der Waals surface area contributed by atoms with Crippen LogP contribution in [-0.2, 0) is 13.0 Å². The number of rotatable bonds is 4. The number of halogens is 1. The summed E-state index contributed by atoms with van der Waals surface area (Å²) in [5, 5.41) is 12.2. The molecule has 2 N–H and O–H groups in total. The number of anilines is 1. The van der Waals surface area contributed by atoms with Crippen molar-refractivity contribution in [3.05, 3.63) is 51.6 Å². The van der Waals surface area contributed by atoms with Crippen LogP contribution >= 0.6 is 15.9 Å². The maximum Gasteiger partial charge on any atom is 0.335 e. The molecule has 0 amide bonds. The van der Waals surface area contributed by atoms with E-state index in [-0.39, 0.29) is 5.56 Å². The number of aromatic carboxylic acids is 1. The number of hydrogen-bond acceptors (Lipinski definition) is 4. The maximum atomic E-state index is 11.0. The molecule has 0 bridgehead atoms. The number of aromatic nitrogens is 1. The van der Waals surface area contributed by atoms with Gasteiger partial charge in [-0.25, -0.2) is 9.78 Å². The molecule has 6 heteroatoms. The first-order valence-electron chi connectivity index (χ1n) is 6.51. The SMILES string of the molecule is O=C(O)c1cccc(CNc2ncc(Br)c3c2OCC3)c1. The number of ether oxygens (including phenoxy) is 1. The van der Waals surface area contributed by atoms with Crippen molar-refractivity contribution in [2.75, 3.05) is 11.9 Å². The summed E-state index contributed by atoms with van der Waals surface area (Å²) in [6.07, 6.45) is 2.62. The first kappa shape index (κ1) is 13.9. The minimum absolute atomic E-state index is 0.277. The van der Waals surface area contributed by atoms with Gasteiger partial charge in [0.05, 0.1) is 12.2 Å². The highest BCUT2D eigenvalue weighted by Gasteiger charge is 2.20. The average Bonchev–Trinajstić information content (AvgIpc) is 2.97. The van der Waals surface area contributed by atoms with Crippen LogP contribution in [-0.4, -0.2) is 22.7 Å². The van der Waals surface area contributed by atoms with Crippen molar-refractivity contribution >= 4 is 27.7 Å². The molecule has 1 aliphatic heterocycles. The minimum Gasteiger partial charge on any atom is -0.489 e. The molecular formula is C15H13BrN2O3. The van der Waals surface area contributed by atoms with Gasteiger partial charge in [-0.2, -0.15) is 0 Å². The second-order valence-electron chi connectivity index (χ2n) is 4.72. The standard InChI is InChI=1S/C15H13BrN2O3/c16-12-8-18-14(13-11(12)4-5-21-13)17-7-9-2-1-3-10(6-9)15(19)20/h1-3,6,8H,4-5,7H2,(H,17,18)(H,19,20). The van der Waals surface area contributed by atoms with Crippen molar-refractivity contribution < 1.29 is 14.6 Å². The lowest BCUT2D eigenvalue weighted by Crippen LogP contribution is -2.05. The summed E-state index contributed by atoms with van der Waals surface area (Å²) in [5.74, 6) is 0.535. The molecule has 1 aromatic carbocycles. The predicted octanol–water partition coefficient (Wildman–Crippen LogP) is 3.09. The molecule has 0 saturated carbocycles. The Morgan fingerprint density at radius 2 is 2.33 bits per heavy atom. The Kier molecular flexibility index (Phi) is 3.79. The molecule has 0 unspecified atom stereocenters. The maximum absolute atomic E-state index is 11.0. The normalized spacial score (nSPS) is 12.6. The van der Waals surface area contributed by atoms with Gasteiger partial charge in [-0.05, 0) is 33.6 Å². The third kappa shape index (κ3) is 2.85. The Labute approximate surface area is 130 Å². The van der Waals surface area contributed by atoms with E-state index in [1.165, 1.54) is 0 Å². The monoisotopic (exact) mass is 348 g/mol. The second kappa shape index (κ2) is 5.73. The Morgan fingerprint density at radius 1 is 1.48 bits per heavy atom. The first-order valence-corrected chi connectivity index (χ1v) is 7.31. The smallest absolute Gasteiger partial charge is 0.335 e. The van der Waals surface area contributed by atoms with Crippen molar-refractivity contribution in [3.8, 4) is 5.75 Å². The lowest BCUT2D eigenvalue weighted by atomic mass is 10.1. The second-order valence-corrected chi connectivity index (χ2v) is 5.57. The number of fused-ring (bicyclic) bond motifs is 1. The molecule has 21 heavy (non-hydrogen) atoms. The average molecular weight is 349 g/mol. The lowest BCUT2D eigenvalue weighted by Gasteiger charge is -2.11. The summed E-state index contributed by atoms with van der Waals surface area (Å²) in [6.45, 7) is 1.15. The number of pyridine rings is 1. The van der Waals surface area contributed by atoms with Crippen molar-refractivity contribution in [1.82, 2.24) is 4.98 Å². The molecule has 1 aromatic heterocycles. The number of carbonyl (C=O) groups is 1. The first-order chi connectivity index (χ1) is 10.1. The van der Waals surface area contributed by atoms with E-state index in [1.54, 1.807) is 24.4 Å². The number of benzene rings is 1. The molecule has 0 atom stereocenters. The van der Waals surface area contributed by atoms with E-state index in [0.717, 1.165) is 27.8 Å². The Bertz CT molecular complexity index is 703. The highest BCUT2D eigenvalue weighted by molar-refractivity contribution is 9.10. The van der Waals surface area contributed by atoms with Gasteiger partial charge in [0.25, 0.3) is 0 Å². The minimum atomic E-state index is -0.928. The number of hydrogen-bond donors (Lipinski definition) is 2. The molecule has 0 radical (unpaired) electrons. The Morgan fingerprint density at radius 3 is 3.14 bits per heavy atom. The van der Waals surface area contributed by atoms with Gasteiger partial charge in [0.15, 0.2) is 11.6 Å². The molecule has 0 spiro atoms. The van der Waals surface area contributed by atoms with Crippen LogP contribution in [0.1, 0.15) is 21.5 Å². The summed E-state index contributed by atoms with van der Waals surface area (Å²) in [7, 11) is 0. The van der Waals surface area contributed by atoms with E-state index in [2.05, 4.69) is 26.2 Å². The van der Waals surface area contributed by atoms with E-state index in [1.807, 2.05) is 6.07 Å². The van der Waals surface area contributed by atoms with E-state index in [0.29, 0.717) is 19.0 Å². The zero-order valence-corrected chi connectivity index (χ0v) is 12.7. The molecule has 5 nitrogen and oxygen atoms in total. The van der Waals surface area contributed by atoms with Crippen molar-refractivity contribution in [2.45, 2.75) is 13.0 Å². The van der Waals surface area contributed by atoms with Crippen molar-refractivity contribution in [2.24, 2.45) is 0 Å². The lowest BCUT2D eigenvalue weighted by molar-refractivity contribution is 0.0697. The number of nitrogens with one attached hydrogen (secondary N) is 1. The van der Waals surface area contributed by atoms with Gasteiger partial charge >= 0.3 is 5.97 Å². The quantitative estimate of drug-likeness (QED) is 0.888. The highest BCUT2D eigenvalue weighted by Crippen LogP contribution is 2.36. The van der Waals surface area contributed by atoms with Crippen molar-refractivity contribution in [1.29, 1.82) is 0 Å². The zero-order chi connectivity index (χ0) is 14.8. The third-order valence-corrected chi connectivity index (χ3v) is 4.00. The largest absolute Gasteiger partial charge is 0.489 e. The van der Waals surface area contributed by atoms with Crippen LogP contribution in [0, 0.1) is 0 Å². The Balaban J connectivity index is 1.78. The van der Waals surface area contributed by atoms with Gasteiger partial charge in [0.2, 0.25) is 0 Å². The molecule has 3 rings (SSSR count). The third-order valence-electron chi connectivity index (χ3n) is 3.32. The molecule has 108 valence electrons. The van der Waals surface area contributed by atoms with Crippen LogP contribution in [0.5, 0.6) is 5.75 Å². The fraction of sp³-hybridized carbons (Fsp3) is 0.200. The van der Waals surface area contributed by atoms with Crippen LogP contribution in [0.25, 0.3) is 0 Å². The van der Waals surface area contributed by atoms with Crippen LogP contribution < -0.4 is 10.1 Å². The summed E-state index contributed by atoms with van der Waals surface area (Å²) in [4.78, 5) is 15.3. The van der Waals surface area contributed by atoms with Crippen LogP contribution in [0.4, 0.5) is 5.82 Å². The number of carboxylic acid groups (broad SMARTS) is 1. The summed E-state index contributed by atoms with van der Waals surface area (Å²) in [5.41, 5.74) is 2.28. The topological polar surface area (TPSA) is 71.5 Å². The van der Waals surface area contributed by atoms with Gasteiger partial charge in [-0.3, -0.25) is 0 Å². The molecule has 1 aliphatic rings. The summed E-state index contributed by atoms with van der Waals surface area (Å²) >= 11 is 3.47. The molecule has 2 aromatic rings. The van der Waals surface area contributed by atoms with Crippen LogP contribution in [0.15, 0.2) is 34.9 Å². The summed E-state index contributed by atoms with van der Waals surface area (Å²) in [6, 6.07) is 6.83. The number of carboxylic acids is 1. The fourth-order valence-electron chi connectivity index (χ4n) is 2.28. The number of nitrogens with zero attached hydrogens (tertiary/aromatic N) is 1. The van der Waals surface area contributed by atoms with E-state index in [9.17, 15) is 4.79 Å². The highest BCUT2D eigenvalue weighted by atomic mass is 79.9. The molecular weight excluding hydrogens is 336 g/mol. The molecule has 2 heterocycles.